The Morgan fingerprint density at radius 1 is 1.29 bits per heavy atom. The van der Waals surface area contributed by atoms with Crippen LogP contribution in [0.1, 0.15) is 19.4 Å². The molecule has 0 atom stereocenters. The maximum atomic E-state index is 5.80. The van der Waals surface area contributed by atoms with Crippen molar-refractivity contribution in [3.63, 3.8) is 0 Å². The predicted molar refractivity (Wildman–Crippen MR) is 84.7 cm³/mol. The van der Waals surface area contributed by atoms with E-state index in [2.05, 4.69) is 10.3 Å². The second-order valence-electron chi connectivity index (χ2n) is 4.94. The lowest BCUT2D eigenvalue weighted by atomic mass is 10.2. The van der Waals surface area contributed by atoms with Crippen molar-refractivity contribution in [3.8, 4) is 11.6 Å². The highest BCUT2D eigenvalue weighted by Crippen LogP contribution is 2.26. The molecule has 1 heterocycles. The van der Waals surface area contributed by atoms with E-state index in [0.29, 0.717) is 23.9 Å². The zero-order valence-corrected chi connectivity index (χ0v) is 12.6. The highest BCUT2D eigenvalue weighted by atomic mass is 16.5. The third-order valence-electron chi connectivity index (χ3n) is 2.91. The molecule has 0 aliphatic heterocycles. The van der Waals surface area contributed by atoms with Gasteiger partial charge < -0.3 is 20.5 Å². The number of hydrogen-bond donors (Lipinski definition) is 2. The molecule has 0 aliphatic rings. The van der Waals surface area contributed by atoms with Crippen LogP contribution in [0.15, 0.2) is 36.5 Å². The third-order valence-corrected chi connectivity index (χ3v) is 2.91. The van der Waals surface area contributed by atoms with Gasteiger partial charge in [0.05, 0.1) is 18.9 Å². The first-order chi connectivity index (χ1) is 10.1. The van der Waals surface area contributed by atoms with Gasteiger partial charge in [-0.2, -0.15) is 0 Å². The Morgan fingerprint density at radius 2 is 2.10 bits per heavy atom. The number of ether oxygens (including phenoxy) is 2. The van der Waals surface area contributed by atoms with E-state index in [-0.39, 0.29) is 6.10 Å². The minimum absolute atomic E-state index is 0.0928. The molecule has 2 rings (SSSR count). The van der Waals surface area contributed by atoms with E-state index in [0.717, 1.165) is 11.3 Å². The van der Waals surface area contributed by atoms with Crippen LogP contribution in [0.2, 0.25) is 0 Å². The van der Waals surface area contributed by atoms with Gasteiger partial charge in [0.1, 0.15) is 5.75 Å². The summed E-state index contributed by atoms with van der Waals surface area (Å²) < 4.78 is 10.9. The number of aromatic nitrogens is 1. The van der Waals surface area contributed by atoms with Crippen molar-refractivity contribution in [1.82, 2.24) is 4.98 Å². The van der Waals surface area contributed by atoms with Crippen LogP contribution in [0.25, 0.3) is 0 Å². The number of benzene rings is 1. The third kappa shape index (κ3) is 4.02. The average molecular weight is 287 g/mol. The molecular weight excluding hydrogens is 266 g/mol. The normalized spacial score (nSPS) is 10.5. The molecular formula is C16H21N3O2. The number of methoxy groups -OCH3 is 1. The van der Waals surface area contributed by atoms with Gasteiger partial charge in [-0.1, -0.05) is 6.07 Å². The molecule has 5 nitrogen and oxygen atoms in total. The summed E-state index contributed by atoms with van der Waals surface area (Å²) in [6.45, 7) is 4.58. The molecule has 112 valence electrons. The highest BCUT2D eigenvalue weighted by Gasteiger charge is 2.07. The van der Waals surface area contributed by atoms with Crippen LogP contribution in [0.3, 0.4) is 0 Å². The summed E-state index contributed by atoms with van der Waals surface area (Å²) in [7, 11) is 1.60. The largest absolute Gasteiger partial charge is 0.495 e. The molecule has 0 unspecified atom stereocenters. The Labute approximate surface area is 125 Å². The number of nitrogens with two attached hydrogens (primary N) is 1. The Hall–Kier alpha value is -2.43. The van der Waals surface area contributed by atoms with Crippen LogP contribution in [0.4, 0.5) is 11.4 Å². The summed E-state index contributed by atoms with van der Waals surface area (Å²) in [5.41, 5.74) is 8.35. The van der Waals surface area contributed by atoms with Crippen molar-refractivity contribution in [2.24, 2.45) is 0 Å². The number of pyridine rings is 1. The molecule has 0 aliphatic carbocycles. The van der Waals surface area contributed by atoms with Gasteiger partial charge >= 0.3 is 0 Å². The van der Waals surface area contributed by atoms with Crippen LogP contribution in [0.5, 0.6) is 11.6 Å². The van der Waals surface area contributed by atoms with Crippen LogP contribution < -0.4 is 20.5 Å². The molecule has 0 radical (unpaired) electrons. The van der Waals surface area contributed by atoms with Crippen molar-refractivity contribution < 1.29 is 9.47 Å². The minimum Gasteiger partial charge on any atom is -0.495 e. The number of hydrogen-bond acceptors (Lipinski definition) is 5. The summed E-state index contributed by atoms with van der Waals surface area (Å²) in [5.74, 6) is 1.31. The van der Waals surface area contributed by atoms with Crippen molar-refractivity contribution >= 4 is 11.4 Å². The lowest BCUT2D eigenvalue weighted by molar-refractivity contribution is 0.230. The zero-order valence-electron chi connectivity index (χ0n) is 12.6. The summed E-state index contributed by atoms with van der Waals surface area (Å²) in [6.07, 6.45) is 1.82. The number of nitrogen functional groups attached to an aromatic ring is 1. The fourth-order valence-corrected chi connectivity index (χ4v) is 1.91. The molecule has 2 aromatic rings. The Bertz CT molecular complexity index is 600. The van der Waals surface area contributed by atoms with E-state index in [4.69, 9.17) is 15.2 Å². The first kappa shape index (κ1) is 15.0. The smallest absolute Gasteiger partial charge is 0.218 e. The number of anilines is 2. The van der Waals surface area contributed by atoms with Gasteiger partial charge in [-0.05, 0) is 32.0 Å². The standard InChI is InChI=1S/C16H21N3O2/c1-11(2)21-16-12(5-4-8-18-16)10-19-13-6-7-14(17)15(9-13)20-3/h4-9,11,19H,10,17H2,1-3H3. The van der Waals surface area contributed by atoms with Crippen molar-refractivity contribution in [2.45, 2.75) is 26.5 Å². The van der Waals surface area contributed by atoms with Gasteiger partial charge in [0.25, 0.3) is 0 Å². The summed E-state index contributed by atoms with van der Waals surface area (Å²) in [6, 6.07) is 9.49. The second kappa shape index (κ2) is 6.83. The maximum absolute atomic E-state index is 5.80. The fourth-order valence-electron chi connectivity index (χ4n) is 1.91. The summed E-state index contributed by atoms with van der Waals surface area (Å²) in [4.78, 5) is 4.27. The van der Waals surface area contributed by atoms with Gasteiger partial charge in [0.15, 0.2) is 0 Å². The van der Waals surface area contributed by atoms with Gasteiger partial charge in [0.2, 0.25) is 5.88 Å². The second-order valence-corrected chi connectivity index (χ2v) is 4.94. The molecule has 5 heteroatoms. The van der Waals surface area contributed by atoms with E-state index in [1.165, 1.54) is 0 Å². The predicted octanol–water partition coefficient (Wildman–Crippen LogP) is 3.07. The van der Waals surface area contributed by atoms with Crippen molar-refractivity contribution in [1.29, 1.82) is 0 Å². The molecule has 0 saturated heterocycles. The van der Waals surface area contributed by atoms with Crippen LogP contribution in [-0.2, 0) is 6.54 Å². The molecule has 0 saturated carbocycles. The average Bonchev–Trinajstić information content (AvgIpc) is 2.47. The first-order valence-electron chi connectivity index (χ1n) is 6.88. The molecule has 3 N–H and O–H groups in total. The number of rotatable bonds is 6. The van der Waals surface area contributed by atoms with Gasteiger partial charge in [0, 0.05) is 30.1 Å². The Morgan fingerprint density at radius 3 is 2.81 bits per heavy atom. The topological polar surface area (TPSA) is 69.4 Å². The van der Waals surface area contributed by atoms with Crippen LogP contribution in [0, 0.1) is 0 Å². The monoisotopic (exact) mass is 287 g/mol. The van der Waals surface area contributed by atoms with Gasteiger partial charge in [-0.3, -0.25) is 0 Å². The number of nitrogens with one attached hydrogen (secondary N) is 1. The molecule has 0 bridgehead atoms. The first-order valence-corrected chi connectivity index (χ1v) is 6.88. The van der Waals surface area contributed by atoms with E-state index in [1.807, 2.05) is 44.2 Å². The lowest BCUT2D eigenvalue weighted by Gasteiger charge is -2.14. The maximum Gasteiger partial charge on any atom is 0.218 e. The fraction of sp³-hybridized carbons (Fsp3) is 0.312. The zero-order chi connectivity index (χ0) is 15.2. The summed E-state index contributed by atoms with van der Waals surface area (Å²) >= 11 is 0. The molecule has 21 heavy (non-hydrogen) atoms. The lowest BCUT2D eigenvalue weighted by Crippen LogP contribution is -2.10. The van der Waals surface area contributed by atoms with Crippen molar-refractivity contribution in [2.75, 3.05) is 18.2 Å². The van der Waals surface area contributed by atoms with E-state index < -0.39 is 0 Å². The van der Waals surface area contributed by atoms with E-state index in [9.17, 15) is 0 Å². The van der Waals surface area contributed by atoms with Crippen LogP contribution >= 0.6 is 0 Å². The minimum atomic E-state index is 0.0928. The quantitative estimate of drug-likeness (QED) is 0.799. The van der Waals surface area contributed by atoms with Gasteiger partial charge in [-0.25, -0.2) is 4.98 Å². The highest BCUT2D eigenvalue weighted by molar-refractivity contribution is 5.61. The molecule has 0 amide bonds. The number of nitrogens with zero attached hydrogens (tertiary/aromatic N) is 1. The van der Waals surface area contributed by atoms with E-state index >= 15 is 0 Å². The molecule has 1 aromatic heterocycles. The van der Waals surface area contributed by atoms with Crippen molar-refractivity contribution in [3.05, 3.63) is 42.1 Å². The molecule has 1 aromatic carbocycles. The molecule has 0 fully saturated rings. The van der Waals surface area contributed by atoms with E-state index in [1.54, 1.807) is 13.3 Å². The van der Waals surface area contributed by atoms with Gasteiger partial charge in [-0.15, -0.1) is 0 Å². The SMILES string of the molecule is COc1cc(NCc2cccnc2OC(C)C)ccc1N. The Kier molecular flexibility index (Phi) is 4.87. The van der Waals surface area contributed by atoms with Crippen LogP contribution in [-0.4, -0.2) is 18.2 Å². The summed E-state index contributed by atoms with van der Waals surface area (Å²) in [5, 5.41) is 3.32. The molecule has 0 spiro atoms. The Balaban J connectivity index is 2.09.